The highest BCUT2D eigenvalue weighted by atomic mass is 32.1. The molecule has 0 aliphatic carbocycles. The Kier molecular flexibility index (Phi) is 5.08. The highest BCUT2D eigenvalue weighted by Crippen LogP contribution is 2.27. The Morgan fingerprint density at radius 2 is 2.33 bits per heavy atom. The Bertz CT molecular complexity index is 620. The molecule has 0 saturated heterocycles. The van der Waals surface area contributed by atoms with Gasteiger partial charge in [-0.3, -0.25) is 9.48 Å². The second-order valence-corrected chi connectivity index (χ2v) is 6.16. The first-order valence-electron chi connectivity index (χ1n) is 6.86. The Balaban J connectivity index is 2.06. The normalized spacial score (nSPS) is 12.4. The molecule has 0 saturated carbocycles. The summed E-state index contributed by atoms with van der Waals surface area (Å²) >= 11 is 1.37. The van der Waals surface area contributed by atoms with E-state index >= 15 is 0 Å². The molecule has 0 bridgehead atoms. The molecule has 0 aromatic carbocycles. The monoisotopic (exact) mass is 308 g/mol. The maximum absolute atomic E-state index is 12.2. The number of aliphatic hydroxyl groups excluding tert-OH is 1. The van der Waals surface area contributed by atoms with E-state index in [2.05, 4.69) is 15.4 Å². The number of hydrogen-bond acceptors (Lipinski definition) is 5. The minimum Gasteiger partial charge on any atom is -0.396 e. The van der Waals surface area contributed by atoms with Crippen LogP contribution in [0.2, 0.25) is 0 Å². The second kappa shape index (κ2) is 6.82. The van der Waals surface area contributed by atoms with E-state index in [9.17, 15) is 4.79 Å². The Morgan fingerprint density at radius 1 is 1.57 bits per heavy atom. The van der Waals surface area contributed by atoms with Crippen LogP contribution in [0.5, 0.6) is 0 Å². The average Bonchev–Trinajstić information content (AvgIpc) is 3.02. The van der Waals surface area contributed by atoms with Crippen molar-refractivity contribution >= 4 is 17.2 Å². The molecule has 0 aliphatic rings. The summed E-state index contributed by atoms with van der Waals surface area (Å²) in [4.78, 5) is 17.3. The molecule has 7 heteroatoms. The Hall–Kier alpha value is -1.73. The molecule has 2 aromatic rings. The van der Waals surface area contributed by atoms with Gasteiger partial charge in [0, 0.05) is 32.0 Å². The predicted octanol–water partition coefficient (Wildman–Crippen LogP) is 1.60. The lowest BCUT2D eigenvalue weighted by atomic mass is 10.1. The number of nitrogens with one attached hydrogen (secondary N) is 1. The maximum Gasteiger partial charge on any atom is 0.263 e. The Labute approximate surface area is 127 Å². The van der Waals surface area contributed by atoms with Crippen LogP contribution in [0, 0.1) is 12.8 Å². The van der Waals surface area contributed by atoms with Gasteiger partial charge in [0.05, 0.1) is 11.9 Å². The van der Waals surface area contributed by atoms with E-state index in [0.29, 0.717) is 17.8 Å². The minimum absolute atomic E-state index is 0.107. The van der Waals surface area contributed by atoms with Crippen molar-refractivity contribution in [3.8, 4) is 10.6 Å². The zero-order valence-corrected chi connectivity index (χ0v) is 13.3. The largest absolute Gasteiger partial charge is 0.396 e. The molecule has 0 radical (unpaired) electrons. The van der Waals surface area contributed by atoms with Crippen molar-refractivity contribution in [3.05, 3.63) is 23.0 Å². The van der Waals surface area contributed by atoms with Gasteiger partial charge in [0.1, 0.15) is 9.88 Å². The van der Waals surface area contributed by atoms with Gasteiger partial charge < -0.3 is 10.4 Å². The van der Waals surface area contributed by atoms with Gasteiger partial charge >= 0.3 is 0 Å². The molecule has 2 rings (SSSR count). The fourth-order valence-electron chi connectivity index (χ4n) is 1.93. The minimum atomic E-state index is -0.107. The summed E-state index contributed by atoms with van der Waals surface area (Å²) in [6, 6.07) is 0. The smallest absolute Gasteiger partial charge is 0.263 e. The number of amides is 1. The topological polar surface area (TPSA) is 80.0 Å². The van der Waals surface area contributed by atoms with Crippen molar-refractivity contribution in [2.75, 3.05) is 13.2 Å². The third-order valence-electron chi connectivity index (χ3n) is 3.19. The van der Waals surface area contributed by atoms with E-state index in [0.717, 1.165) is 16.3 Å². The van der Waals surface area contributed by atoms with Gasteiger partial charge in [0.2, 0.25) is 0 Å². The van der Waals surface area contributed by atoms with E-state index in [4.69, 9.17) is 5.11 Å². The highest BCUT2D eigenvalue weighted by Gasteiger charge is 2.17. The van der Waals surface area contributed by atoms with E-state index < -0.39 is 0 Å². The number of carbonyl (C=O) groups is 1. The third-order valence-corrected chi connectivity index (χ3v) is 4.39. The van der Waals surface area contributed by atoms with Crippen LogP contribution in [0.1, 0.15) is 28.7 Å². The molecular weight excluding hydrogens is 288 g/mol. The number of hydrogen-bond donors (Lipinski definition) is 2. The van der Waals surface area contributed by atoms with Gasteiger partial charge in [-0.2, -0.15) is 5.10 Å². The van der Waals surface area contributed by atoms with E-state index in [-0.39, 0.29) is 18.4 Å². The lowest BCUT2D eigenvalue weighted by Crippen LogP contribution is -2.28. The van der Waals surface area contributed by atoms with E-state index in [1.807, 2.05) is 27.1 Å². The number of rotatable bonds is 6. The summed E-state index contributed by atoms with van der Waals surface area (Å²) in [6.45, 7) is 4.53. The van der Waals surface area contributed by atoms with Crippen molar-refractivity contribution in [2.45, 2.75) is 20.3 Å². The summed E-state index contributed by atoms with van der Waals surface area (Å²) in [7, 11) is 1.85. The van der Waals surface area contributed by atoms with Crippen LogP contribution in [0.3, 0.4) is 0 Å². The lowest BCUT2D eigenvalue weighted by Gasteiger charge is -2.10. The molecule has 2 aromatic heterocycles. The van der Waals surface area contributed by atoms with Gasteiger partial charge in [-0.1, -0.05) is 6.92 Å². The molecule has 0 fully saturated rings. The number of carbonyl (C=O) groups excluding carboxylic acids is 1. The Morgan fingerprint density at radius 3 is 2.95 bits per heavy atom. The third kappa shape index (κ3) is 3.89. The molecule has 0 aliphatic heterocycles. The molecule has 1 atom stereocenters. The molecule has 0 spiro atoms. The summed E-state index contributed by atoms with van der Waals surface area (Å²) < 4.78 is 1.71. The summed E-state index contributed by atoms with van der Waals surface area (Å²) in [5, 5.41) is 16.7. The quantitative estimate of drug-likeness (QED) is 0.849. The highest BCUT2D eigenvalue weighted by molar-refractivity contribution is 7.17. The van der Waals surface area contributed by atoms with Gasteiger partial charge in [-0.05, 0) is 19.3 Å². The summed E-state index contributed by atoms with van der Waals surface area (Å²) in [5.41, 5.74) is 1.64. The van der Waals surface area contributed by atoms with Crippen molar-refractivity contribution in [1.82, 2.24) is 20.1 Å². The van der Waals surface area contributed by atoms with Crippen LogP contribution < -0.4 is 5.32 Å². The zero-order chi connectivity index (χ0) is 15.4. The van der Waals surface area contributed by atoms with Crippen molar-refractivity contribution < 1.29 is 9.90 Å². The van der Waals surface area contributed by atoms with Gasteiger partial charge in [-0.15, -0.1) is 11.3 Å². The number of nitrogens with zero attached hydrogens (tertiary/aromatic N) is 3. The SMILES string of the molecule is Cc1nc(-c2cnn(C)c2)sc1C(=O)NCC(C)CCO. The van der Waals surface area contributed by atoms with E-state index in [1.165, 1.54) is 11.3 Å². The van der Waals surface area contributed by atoms with Crippen molar-refractivity contribution in [3.63, 3.8) is 0 Å². The molecular formula is C14H20N4O2S. The van der Waals surface area contributed by atoms with Crippen LogP contribution in [-0.4, -0.2) is 38.9 Å². The number of aliphatic hydroxyl groups is 1. The summed E-state index contributed by atoms with van der Waals surface area (Å²) in [6.07, 6.45) is 4.30. The number of aryl methyl sites for hydroxylation is 2. The number of thiazole rings is 1. The molecule has 2 heterocycles. The molecule has 6 nitrogen and oxygen atoms in total. The standard InChI is InChI=1S/C14H20N4O2S/c1-9(4-5-19)6-15-13(20)12-10(2)17-14(21-12)11-7-16-18(3)8-11/h7-9,19H,4-6H2,1-3H3,(H,15,20). The lowest BCUT2D eigenvalue weighted by molar-refractivity contribution is 0.0948. The maximum atomic E-state index is 12.2. The predicted molar refractivity (Wildman–Crippen MR) is 82.3 cm³/mol. The first-order chi connectivity index (χ1) is 10.0. The van der Waals surface area contributed by atoms with Crippen LogP contribution >= 0.6 is 11.3 Å². The van der Waals surface area contributed by atoms with Crippen LogP contribution in [-0.2, 0) is 7.05 Å². The molecule has 1 unspecified atom stereocenters. The van der Waals surface area contributed by atoms with Crippen LogP contribution in [0.15, 0.2) is 12.4 Å². The molecule has 1 amide bonds. The van der Waals surface area contributed by atoms with Gasteiger partial charge in [0.15, 0.2) is 0 Å². The van der Waals surface area contributed by atoms with Gasteiger partial charge in [0.25, 0.3) is 5.91 Å². The second-order valence-electron chi connectivity index (χ2n) is 5.16. The zero-order valence-electron chi connectivity index (χ0n) is 12.5. The summed E-state index contributed by atoms with van der Waals surface area (Å²) in [5.74, 6) is 0.148. The fourth-order valence-corrected chi connectivity index (χ4v) is 2.89. The van der Waals surface area contributed by atoms with Crippen LogP contribution in [0.25, 0.3) is 10.6 Å². The molecule has 21 heavy (non-hydrogen) atoms. The average molecular weight is 308 g/mol. The van der Waals surface area contributed by atoms with Crippen molar-refractivity contribution in [1.29, 1.82) is 0 Å². The van der Waals surface area contributed by atoms with Gasteiger partial charge in [-0.25, -0.2) is 4.98 Å². The van der Waals surface area contributed by atoms with Crippen molar-refractivity contribution in [2.24, 2.45) is 13.0 Å². The first kappa shape index (κ1) is 15.7. The fraction of sp³-hybridized carbons (Fsp3) is 0.500. The number of aromatic nitrogens is 3. The first-order valence-corrected chi connectivity index (χ1v) is 7.68. The molecule has 114 valence electrons. The van der Waals surface area contributed by atoms with Crippen LogP contribution in [0.4, 0.5) is 0 Å². The van der Waals surface area contributed by atoms with E-state index in [1.54, 1.807) is 10.9 Å². The molecule has 2 N–H and O–H groups in total.